The summed E-state index contributed by atoms with van der Waals surface area (Å²) in [6.45, 7) is 8.63. The first-order valence-corrected chi connectivity index (χ1v) is 21.3. The predicted octanol–water partition coefficient (Wildman–Crippen LogP) is 3.29. The summed E-state index contributed by atoms with van der Waals surface area (Å²) < 4.78 is 3.14. The number of hydrogen-bond donors (Lipinski definition) is 4. The standard InChI is InChI=1S/C39H48N10O4.C4H8N2O/c1-45-32-21-29(9-10-30(32)49(39(45)53)31-11-12-34(50)44-38(31)52)48-20-13-25(24-48)23-46-18-14-27(15-19-46)26-5-7-28(8-6-26)42-37-35(36(40)51)41-22-33(43-37)47-16-3-2-4-17-47;1-6-3-2-5-4(6)7/h5-10,21-22,25,27,31H,2-4,11-20,23-24H2,1H3,(H2,40,51)(H,42,43)(H,44,50,52);2-3H2,1H3,(H,5,7). The summed E-state index contributed by atoms with van der Waals surface area (Å²) in [4.78, 5) is 78.0. The van der Waals surface area contributed by atoms with Gasteiger partial charge < -0.3 is 36.0 Å². The number of aromatic nitrogens is 4. The zero-order valence-corrected chi connectivity index (χ0v) is 34.6. The molecule has 4 aromatic rings. The van der Waals surface area contributed by atoms with Crippen molar-refractivity contribution in [2.45, 2.75) is 63.3 Å². The number of piperidine rings is 3. The lowest BCUT2D eigenvalue weighted by Gasteiger charge is -2.34. The molecule has 5 fully saturated rings. The zero-order chi connectivity index (χ0) is 41.9. The maximum absolute atomic E-state index is 13.2. The van der Waals surface area contributed by atoms with Gasteiger partial charge in [0.2, 0.25) is 11.8 Å². The van der Waals surface area contributed by atoms with E-state index >= 15 is 0 Å². The monoisotopic (exact) mass is 820 g/mol. The van der Waals surface area contributed by atoms with Gasteiger partial charge in [-0.25, -0.2) is 19.6 Å². The molecule has 7 heterocycles. The highest BCUT2D eigenvalue weighted by atomic mass is 16.2. The van der Waals surface area contributed by atoms with Crippen LogP contribution in [0.3, 0.4) is 0 Å². The largest absolute Gasteiger partial charge is 0.371 e. The molecule has 5 N–H and O–H groups in total. The third-order valence-electron chi connectivity index (χ3n) is 12.7. The number of anilines is 4. The van der Waals surface area contributed by atoms with E-state index in [-0.39, 0.29) is 29.7 Å². The number of aryl methyl sites for hydroxylation is 1. The highest BCUT2D eigenvalue weighted by Gasteiger charge is 2.32. The summed E-state index contributed by atoms with van der Waals surface area (Å²) >= 11 is 0. The quantitative estimate of drug-likeness (QED) is 0.181. The van der Waals surface area contributed by atoms with Crippen molar-refractivity contribution in [1.82, 2.24) is 39.5 Å². The van der Waals surface area contributed by atoms with Gasteiger partial charge >= 0.3 is 11.7 Å². The van der Waals surface area contributed by atoms with Crippen molar-refractivity contribution in [3.63, 3.8) is 0 Å². The second kappa shape index (κ2) is 17.7. The van der Waals surface area contributed by atoms with Crippen LogP contribution in [0.5, 0.6) is 0 Å². The number of likely N-dealkylation sites (N-methyl/N-ethyl adjacent to an activating group) is 1. The molecule has 17 nitrogen and oxygen atoms in total. The Hall–Kier alpha value is -5.97. The van der Waals surface area contributed by atoms with Gasteiger partial charge in [-0.05, 0) is 106 Å². The van der Waals surface area contributed by atoms with Gasteiger partial charge in [0.05, 0.1) is 17.2 Å². The van der Waals surface area contributed by atoms with E-state index in [1.165, 1.54) is 16.6 Å². The van der Waals surface area contributed by atoms with Crippen molar-refractivity contribution < 1.29 is 19.2 Å². The molecule has 2 aromatic carbocycles. The summed E-state index contributed by atoms with van der Waals surface area (Å²) in [6.07, 6.45) is 8.98. The van der Waals surface area contributed by atoms with Gasteiger partial charge in [0.1, 0.15) is 11.9 Å². The number of nitrogens with one attached hydrogen (secondary N) is 3. The van der Waals surface area contributed by atoms with Crippen LogP contribution in [0.25, 0.3) is 11.0 Å². The Bertz CT molecular complexity index is 2290. The Balaban J connectivity index is 0.000000648. The summed E-state index contributed by atoms with van der Waals surface area (Å²) in [6, 6.07) is 13.9. The van der Waals surface area contributed by atoms with Crippen LogP contribution in [0.1, 0.15) is 79.4 Å². The molecule has 0 aliphatic carbocycles. The zero-order valence-electron chi connectivity index (χ0n) is 34.6. The number of hydrogen-bond acceptors (Lipinski definition) is 11. The van der Waals surface area contributed by atoms with Gasteiger partial charge in [-0.1, -0.05) is 12.1 Å². The third kappa shape index (κ3) is 8.81. The molecule has 0 spiro atoms. The minimum absolute atomic E-state index is 0.0417. The van der Waals surface area contributed by atoms with E-state index < -0.39 is 17.9 Å². The average molecular weight is 821 g/mol. The van der Waals surface area contributed by atoms with Gasteiger partial charge in [0.15, 0.2) is 11.5 Å². The first-order chi connectivity index (χ1) is 29.0. The molecule has 0 bridgehead atoms. The molecule has 2 unspecified atom stereocenters. The lowest BCUT2D eigenvalue weighted by atomic mass is 9.89. The number of benzene rings is 2. The molecular weight excluding hydrogens is 765 g/mol. The Morgan fingerprint density at radius 3 is 2.30 bits per heavy atom. The Labute approximate surface area is 349 Å². The third-order valence-corrected chi connectivity index (χ3v) is 12.7. The molecule has 2 aromatic heterocycles. The van der Waals surface area contributed by atoms with Crippen molar-refractivity contribution in [2.24, 2.45) is 18.7 Å². The number of carbonyl (C=O) groups is 4. The minimum atomic E-state index is -0.683. The number of rotatable bonds is 9. The summed E-state index contributed by atoms with van der Waals surface area (Å²) in [5.41, 5.74) is 10.3. The van der Waals surface area contributed by atoms with E-state index in [0.717, 1.165) is 114 Å². The minimum Gasteiger partial charge on any atom is -0.371 e. The SMILES string of the molecule is CN1CCNC1=O.Cn1c(=O)n(C2CCC(=O)NC2=O)c2ccc(N3CCC(CN4CCC(c5ccc(Nc6nc(N7CCCCC7)cnc6C(N)=O)cc5)CC4)C3)cc21. The molecule has 17 heteroatoms. The van der Waals surface area contributed by atoms with Gasteiger partial charge in [0.25, 0.3) is 5.91 Å². The second-order valence-electron chi connectivity index (χ2n) is 16.8. The molecule has 2 atom stereocenters. The van der Waals surface area contributed by atoms with Crippen molar-refractivity contribution in [3.05, 3.63) is 70.4 Å². The van der Waals surface area contributed by atoms with E-state index in [1.54, 1.807) is 29.8 Å². The average Bonchev–Trinajstić information content (AvgIpc) is 3.95. The highest BCUT2D eigenvalue weighted by Crippen LogP contribution is 2.33. The summed E-state index contributed by atoms with van der Waals surface area (Å²) in [7, 11) is 3.52. The molecule has 0 saturated carbocycles. The number of likely N-dealkylation sites (tertiary alicyclic amines) is 1. The van der Waals surface area contributed by atoms with Crippen LogP contribution in [0, 0.1) is 5.92 Å². The Morgan fingerprint density at radius 2 is 1.63 bits per heavy atom. The number of carbonyl (C=O) groups excluding carboxylic acids is 4. The number of imide groups is 1. The van der Waals surface area contributed by atoms with Gasteiger partial charge in [0, 0.05) is 77.7 Å². The molecule has 5 saturated heterocycles. The fourth-order valence-corrected chi connectivity index (χ4v) is 9.27. The maximum atomic E-state index is 13.2. The summed E-state index contributed by atoms with van der Waals surface area (Å²) in [5, 5.41) is 8.34. The van der Waals surface area contributed by atoms with Crippen LogP contribution < -0.4 is 37.2 Å². The van der Waals surface area contributed by atoms with Crippen molar-refractivity contribution in [3.8, 4) is 0 Å². The number of urea groups is 1. The predicted molar refractivity (Wildman–Crippen MR) is 230 cm³/mol. The number of nitrogens with two attached hydrogens (primary N) is 1. The van der Waals surface area contributed by atoms with Crippen LogP contribution in [-0.4, -0.2) is 119 Å². The van der Waals surface area contributed by atoms with Crippen molar-refractivity contribution in [2.75, 3.05) is 81.1 Å². The number of primary amides is 1. The van der Waals surface area contributed by atoms with Gasteiger partial charge in [-0.3, -0.25) is 28.8 Å². The van der Waals surface area contributed by atoms with Crippen LogP contribution in [0.2, 0.25) is 0 Å². The molecule has 9 rings (SSSR count). The highest BCUT2D eigenvalue weighted by molar-refractivity contribution is 6.00. The number of fused-ring (bicyclic) bond motifs is 1. The molecule has 318 valence electrons. The number of imidazole rings is 1. The molecule has 5 amide bonds. The van der Waals surface area contributed by atoms with Crippen LogP contribution in [0.4, 0.5) is 27.8 Å². The van der Waals surface area contributed by atoms with E-state index in [1.807, 2.05) is 18.2 Å². The maximum Gasteiger partial charge on any atom is 0.329 e. The number of nitrogens with zero attached hydrogens (tertiary/aromatic N) is 8. The molecule has 5 aliphatic rings. The molecule has 60 heavy (non-hydrogen) atoms. The second-order valence-corrected chi connectivity index (χ2v) is 16.8. The topological polar surface area (TPSA) is 196 Å². The number of amides is 5. The first kappa shape index (κ1) is 40.8. The van der Waals surface area contributed by atoms with Gasteiger partial charge in [-0.15, -0.1) is 0 Å². The lowest BCUT2D eigenvalue weighted by Crippen LogP contribution is -2.44. The van der Waals surface area contributed by atoms with Crippen LogP contribution in [-0.2, 0) is 16.6 Å². The van der Waals surface area contributed by atoms with Crippen molar-refractivity contribution in [1.29, 1.82) is 0 Å². The fraction of sp³-hybridized carbons (Fsp3) is 0.512. The molecular formula is C43H56N12O5. The van der Waals surface area contributed by atoms with Crippen molar-refractivity contribution >= 4 is 57.8 Å². The normalized spacial score (nSPS) is 21.5. The Morgan fingerprint density at radius 1 is 0.867 bits per heavy atom. The van der Waals surface area contributed by atoms with Crippen LogP contribution in [0.15, 0.2) is 53.5 Å². The van der Waals surface area contributed by atoms with E-state index in [2.05, 4.69) is 59.9 Å². The first-order valence-electron chi connectivity index (χ1n) is 21.3. The van der Waals surface area contributed by atoms with Crippen LogP contribution >= 0.6 is 0 Å². The fourth-order valence-electron chi connectivity index (χ4n) is 9.27. The van der Waals surface area contributed by atoms with E-state index in [4.69, 9.17) is 10.7 Å². The lowest BCUT2D eigenvalue weighted by molar-refractivity contribution is -0.135. The summed E-state index contributed by atoms with van der Waals surface area (Å²) in [5.74, 6) is 0.896. The Kier molecular flexibility index (Phi) is 12.0. The smallest absolute Gasteiger partial charge is 0.329 e. The van der Waals surface area contributed by atoms with Gasteiger partial charge in [-0.2, -0.15) is 0 Å². The molecule has 5 aliphatic heterocycles. The van der Waals surface area contributed by atoms with E-state index in [9.17, 15) is 24.0 Å². The molecule has 0 radical (unpaired) electrons. The van der Waals surface area contributed by atoms with E-state index in [0.29, 0.717) is 29.6 Å².